The smallest absolute Gasteiger partial charge is 0.412 e. The van der Waals surface area contributed by atoms with Crippen molar-refractivity contribution in [3.05, 3.63) is 102 Å². The van der Waals surface area contributed by atoms with Gasteiger partial charge in [0.1, 0.15) is 11.7 Å². The fourth-order valence-corrected chi connectivity index (χ4v) is 4.45. The van der Waals surface area contributed by atoms with Crippen molar-refractivity contribution in [2.75, 3.05) is 18.4 Å². The van der Waals surface area contributed by atoms with Gasteiger partial charge in [-0.1, -0.05) is 73.7 Å². The normalized spacial score (nSPS) is 12.4. The average Bonchev–Trinajstić information content (AvgIpc) is 3.01. The van der Waals surface area contributed by atoms with Gasteiger partial charge in [-0.05, 0) is 75.3 Å². The Balaban J connectivity index is 1.41. The second-order valence-electron chi connectivity index (χ2n) is 12.1. The SMILES string of the molecule is CC(CCC(=O)NCC(=O)C(CCc1ccccc1)OCc1ccccc1)CNC(=O)c1cccc(NC(=O)OC(C)(C)C)c1. The van der Waals surface area contributed by atoms with Crippen molar-refractivity contribution < 1.29 is 28.7 Å². The maximum atomic E-state index is 13.1. The predicted molar refractivity (Wildman–Crippen MR) is 175 cm³/mol. The summed E-state index contributed by atoms with van der Waals surface area (Å²) >= 11 is 0. The van der Waals surface area contributed by atoms with Crippen LogP contribution in [-0.2, 0) is 32.1 Å². The Morgan fingerprint density at radius 2 is 1.47 bits per heavy atom. The number of anilines is 1. The van der Waals surface area contributed by atoms with E-state index in [1.165, 1.54) is 0 Å². The molecule has 3 aromatic carbocycles. The molecule has 9 heteroatoms. The van der Waals surface area contributed by atoms with Gasteiger partial charge in [-0.25, -0.2) is 4.79 Å². The van der Waals surface area contributed by atoms with Crippen molar-refractivity contribution in [3.8, 4) is 0 Å². The lowest BCUT2D eigenvalue weighted by Crippen LogP contribution is -2.37. The maximum Gasteiger partial charge on any atom is 0.412 e. The Bertz CT molecular complexity index is 1350. The highest BCUT2D eigenvalue weighted by Gasteiger charge is 2.21. The van der Waals surface area contributed by atoms with Gasteiger partial charge in [0.2, 0.25) is 5.91 Å². The second kappa shape index (κ2) is 17.7. The lowest BCUT2D eigenvalue weighted by molar-refractivity contribution is -0.133. The van der Waals surface area contributed by atoms with Gasteiger partial charge < -0.3 is 20.1 Å². The first-order valence-electron chi connectivity index (χ1n) is 15.4. The van der Waals surface area contributed by atoms with Gasteiger partial charge in [-0.3, -0.25) is 19.7 Å². The lowest BCUT2D eigenvalue weighted by atomic mass is 10.0. The monoisotopic (exact) mass is 615 g/mol. The molecule has 0 saturated heterocycles. The number of Topliss-reactive ketones (excluding diaryl/α,β-unsaturated/α-hetero) is 1. The lowest BCUT2D eigenvalue weighted by Gasteiger charge is -2.19. The molecular formula is C36H45N3O6. The predicted octanol–water partition coefficient (Wildman–Crippen LogP) is 6.08. The summed E-state index contributed by atoms with van der Waals surface area (Å²) in [7, 11) is 0. The van der Waals surface area contributed by atoms with E-state index < -0.39 is 17.8 Å². The van der Waals surface area contributed by atoms with Crippen molar-refractivity contribution in [3.63, 3.8) is 0 Å². The van der Waals surface area contributed by atoms with Gasteiger partial charge in [0, 0.05) is 24.2 Å². The van der Waals surface area contributed by atoms with Crippen LogP contribution in [0.1, 0.15) is 68.4 Å². The van der Waals surface area contributed by atoms with Crippen molar-refractivity contribution in [2.45, 2.75) is 71.7 Å². The Kier molecular flexibility index (Phi) is 13.8. The fourth-order valence-electron chi connectivity index (χ4n) is 4.45. The quantitative estimate of drug-likeness (QED) is 0.179. The molecule has 0 saturated carbocycles. The van der Waals surface area contributed by atoms with Gasteiger partial charge in [-0.2, -0.15) is 0 Å². The van der Waals surface area contributed by atoms with Gasteiger partial charge in [0.15, 0.2) is 5.78 Å². The summed E-state index contributed by atoms with van der Waals surface area (Å²) in [6, 6.07) is 26.2. The molecule has 3 aromatic rings. The molecule has 2 unspecified atom stereocenters. The van der Waals surface area contributed by atoms with Crippen LogP contribution in [0.4, 0.5) is 10.5 Å². The summed E-state index contributed by atoms with van der Waals surface area (Å²) in [5.74, 6) is -0.667. The minimum atomic E-state index is -0.641. The number of aryl methyl sites for hydroxylation is 1. The number of hydrogen-bond donors (Lipinski definition) is 3. The molecule has 3 N–H and O–H groups in total. The van der Waals surface area contributed by atoms with Crippen LogP contribution in [0, 0.1) is 5.92 Å². The molecule has 0 aromatic heterocycles. The molecule has 0 aliphatic carbocycles. The fraction of sp³-hybridized carbons (Fsp3) is 0.389. The molecule has 0 fully saturated rings. The number of ketones is 1. The molecule has 0 aliphatic rings. The number of hydrogen-bond acceptors (Lipinski definition) is 6. The van der Waals surface area contributed by atoms with E-state index in [4.69, 9.17) is 9.47 Å². The number of carbonyl (C=O) groups is 4. The van der Waals surface area contributed by atoms with Crippen LogP contribution in [0.5, 0.6) is 0 Å². The Labute approximate surface area is 266 Å². The summed E-state index contributed by atoms with van der Waals surface area (Å²) in [6.45, 7) is 7.83. The Hall–Kier alpha value is -4.50. The third-order valence-corrected chi connectivity index (χ3v) is 6.90. The number of ether oxygens (including phenoxy) is 2. The van der Waals surface area contributed by atoms with Crippen LogP contribution in [0.25, 0.3) is 0 Å². The summed E-state index contributed by atoms with van der Waals surface area (Å²) in [5, 5.41) is 8.25. The van der Waals surface area contributed by atoms with E-state index >= 15 is 0 Å². The molecule has 0 bridgehead atoms. The zero-order valence-corrected chi connectivity index (χ0v) is 26.6. The highest BCUT2D eigenvalue weighted by atomic mass is 16.6. The third kappa shape index (κ3) is 13.8. The standard InChI is InChI=1S/C36H45N3O6/c1-26(23-38-34(42)29-16-11-17-30(22-29)39-35(43)45-36(2,3)4)18-21-33(41)37-24-31(40)32(20-19-27-12-7-5-8-13-27)44-25-28-14-9-6-10-15-28/h5-17,22,26,32H,18-21,23-25H2,1-4H3,(H,37,41)(H,38,42)(H,39,43). The van der Waals surface area contributed by atoms with Crippen molar-refractivity contribution in [1.82, 2.24) is 10.6 Å². The van der Waals surface area contributed by atoms with Gasteiger partial charge in [-0.15, -0.1) is 0 Å². The number of nitrogens with one attached hydrogen (secondary N) is 3. The molecule has 2 atom stereocenters. The second-order valence-corrected chi connectivity index (χ2v) is 12.1. The molecule has 0 aliphatic heterocycles. The van der Waals surface area contributed by atoms with Gasteiger partial charge in [0.05, 0.1) is 13.2 Å². The first-order valence-corrected chi connectivity index (χ1v) is 15.4. The molecule has 3 amide bonds. The van der Waals surface area contributed by atoms with Crippen LogP contribution in [0.3, 0.4) is 0 Å². The van der Waals surface area contributed by atoms with E-state index in [0.717, 1.165) is 11.1 Å². The number of rotatable bonds is 16. The topological polar surface area (TPSA) is 123 Å². The maximum absolute atomic E-state index is 13.1. The summed E-state index contributed by atoms with van der Waals surface area (Å²) in [6.07, 6.45) is 0.714. The van der Waals surface area contributed by atoms with Crippen LogP contribution in [0.15, 0.2) is 84.9 Å². The average molecular weight is 616 g/mol. The first-order chi connectivity index (χ1) is 21.5. The molecule has 0 radical (unpaired) electrons. The number of benzene rings is 3. The van der Waals surface area contributed by atoms with Crippen molar-refractivity contribution in [1.29, 1.82) is 0 Å². The molecule has 0 spiro atoms. The van der Waals surface area contributed by atoms with E-state index in [2.05, 4.69) is 16.0 Å². The summed E-state index contributed by atoms with van der Waals surface area (Å²) in [4.78, 5) is 50.4. The minimum Gasteiger partial charge on any atom is -0.444 e. The first kappa shape index (κ1) is 35.0. The third-order valence-electron chi connectivity index (χ3n) is 6.90. The zero-order chi connectivity index (χ0) is 32.7. The number of carbonyl (C=O) groups excluding carboxylic acids is 4. The molecule has 9 nitrogen and oxygen atoms in total. The Morgan fingerprint density at radius 3 is 2.13 bits per heavy atom. The van der Waals surface area contributed by atoms with E-state index in [0.29, 0.717) is 43.7 Å². The Morgan fingerprint density at radius 1 is 0.800 bits per heavy atom. The van der Waals surface area contributed by atoms with Crippen LogP contribution < -0.4 is 16.0 Å². The van der Waals surface area contributed by atoms with Crippen LogP contribution in [0.2, 0.25) is 0 Å². The zero-order valence-electron chi connectivity index (χ0n) is 26.6. The van der Waals surface area contributed by atoms with Crippen LogP contribution in [-0.4, -0.2) is 48.5 Å². The minimum absolute atomic E-state index is 0.0197. The molecule has 240 valence electrons. The van der Waals surface area contributed by atoms with E-state index in [1.54, 1.807) is 45.0 Å². The largest absolute Gasteiger partial charge is 0.444 e. The van der Waals surface area contributed by atoms with E-state index in [-0.39, 0.29) is 36.5 Å². The summed E-state index contributed by atoms with van der Waals surface area (Å²) in [5.41, 5.74) is 2.30. The van der Waals surface area contributed by atoms with Crippen molar-refractivity contribution in [2.24, 2.45) is 5.92 Å². The van der Waals surface area contributed by atoms with Crippen molar-refractivity contribution >= 4 is 29.4 Å². The molecule has 0 heterocycles. The molecular weight excluding hydrogens is 570 g/mol. The van der Waals surface area contributed by atoms with E-state index in [9.17, 15) is 19.2 Å². The van der Waals surface area contributed by atoms with Gasteiger partial charge in [0.25, 0.3) is 5.91 Å². The summed E-state index contributed by atoms with van der Waals surface area (Å²) < 4.78 is 11.3. The highest BCUT2D eigenvalue weighted by Crippen LogP contribution is 2.15. The molecule has 3 rings (SSSR count). The molecule has 45 heavy (non-hydrogen) atoms. The highest BCUT2D eigenvalue weighted by molar-refractivity contribution is 5.96. The number of amides is 3. The van der Waals surface area contributed by atoms with Gasteiger partial charge >= 0.3 is 6.09 Å². The van der Waals surface area contributed by atoms with Crippen LogP contribution >= 0.6 is 0 Å². The van der Waals surface area contributed by atoms with E-state index in [1.807, 2.05) is 67.6 Å².